The number of carbonyl (C=O) groups excluding carboxylic acids is 2. The molecule has 1 saturated heterocycles. The molecule has 0 aliphatic carbocycles. The minimum atomic E-state index is -0.773. The number of hydrogen-bond donors (Lipinski definition) is 1. The van der Waals surface area contributed by atoms with Crippen molar-refractivity contribution in [2.45, 2.75) is 20.3 Å². The Morgan fingerprint density at radius 2 is 2.00 bits per heavy atom. The van der Waals surface area contributed by atoms with Crippen LogP contribution in [-0.2, 0) is 9.59 Å². The molecular formula is C12H13FN2O2. The molecule has 0 radical (unpaired) electrons. The fraction of sp³-hybridized carbons (Fsp3) is 0.333. The number of nitrogens with two attached hydrogens (primary N) is 1. The lowest BCUT2D eigenvalue weighted by Crippen LogP contribution is -2.33. The van der Waals surface area contributed by atoms with Crippen molar-refractivity contribution in [3.63, 3.8) is 0 Å². The number of benzene rings is 1. The minimum absolute atomic E-state index is 0.0280. The number of amides is 2. The van der Waals surface area contributed by atoms with Crippen molar-refractivity contribution in [2.75, 3.05) is 10.6 Å². The second-order valence-corrected chi connectivity index (χ2v) is 4.81. The van der Waals surface area contributed by atoms with Gasteiger partial charge in [0.05, 0.1) is 11.1 Å². The highest BCUT2D eigenvalue weighted by molar-refractivity contribution is 6.22. The maximum atomic E-state index is 13.7. The van der Waals surface area contributed by atoms with Gasteiger partial charge in [-0.15, -0.1) is 0 Å². The predicted octanol–water partition coefficient (Wildman–Crippen LogP) is 1.70. The summed E-state index contributed by atoms with van der Waals surface area (Å²) in [4.78, 5) is 24.6. The van der Waals surface area contributed by atoms with Gasteiger partial charge in [-0.2, -0.15) is 0 Å². The van der Waals surface area contributed by atoms with Gasteiger partial charge in [0.15, 0.2) is 0 Å². The molecule has 4 nitrogen and oxygen atoms in total. The van der Waals surface area contributed by atoms with Crippen LogP contribution in [0.5, 0.6) is 0 Å². The highest BCUT2D eigenvalue weighted by atomic mass is 19.1. The smallest absolute Gasteiger partial charge is 0.240 e. The first-order chi connectivity index (χ1) is 7.83. The summed E-state index contributed by atoms with van der Waals surface area (Å²) in [5, 5.41) is 0. The summed E-state index contributed by atoms with van der Waals surface area (Å²) in [5.74, 6) is -1.43. The lowest BCUT2D eigenvalue weighted by molar-refractivity contribution is -0.124. The highest BCUT2D eigenvalue weighted by Crippen LogP contribution is 2.36. The zero-order valence-corrected chi connectivity index (χ0v) is 9.66. The van der Waals surface area contributed by atoms with Crippen LogP contribution in [0.25, 0.3) is 0 Å². The third-order valence-corrected chi connectivity index (χ3v) is 2.84. The zero-order chi connectivity index (χ0) is 12.8. The van der Waals surface area contributed by atoms with Crippen molar-refractivity contribution in [3.05, 3.63) is 24.0 Å². The van der Waals surface area contributed by atoms with Gasteiger partial charge in [0, 0.05) is 12.1 Å². The quantitative estimate of drug-likeness (QED) is 0.596. The Morgan fingerprint density at radius 3 is 2.47 bits per heavy atom. The summed E-state index contributed by atoms with van der Waals surface area (Å²) >= 11 is 0. The summed E-state index contributed by atoms with van der Waals surface area (Å²) in [6, 6.07) is 3.91. The Bertz CT molecular complexity index is 511. The SMILES string of the molecule is CC1(C)CC(=O)N(c2ccc(N)cc2F)C1=O. The van der Waals surface area contributed by atoms with Crippen LogP contribution in [0.2, 0.25) is 0 Å². The summed E-state index contributed by atoms with van der Waals surface area (Å²) in [5.41, 5.74) is 4.87. The first kappa shape index (κ1) is 11.6. The molecule has 0 unspecified atom stereocenters. The maximum Gasteiger partial charge on any atom is 0.240 e. The Kier molecular flexibility index (Phi) is 2.41. The van der Waals surface area contributed by atoms with E-state index in [1.54, 1.807) is 13.8 Å². The molecule has 1 aliphatic heterocycles. The molecule has 2 amide bonds. The van der Waals surface area contributed by atoms with Crippen molar-refractivity contribution in [2.24, 2.45) is 5.41 Å². The second kappa shape index (κ2) is 3.55. The van der Waals surface area contributed by atoms with Crippen LogP contribution >= 0.6 is 0 Å². The summed E-state index contributed by atoms with van der Waals surface area (Å²) < 4.78 is 13.7. The van der Waals surface area contributed by atoms with Crippen LogP contribution in [0, 0.1) is 11.2 Å². The highest BCUT2D eigenvalue weighted by Gasteiger charge is 2.46. The van der Waals surface area contributed by atoms with E-state index in [2.05, 4.69) is 0 Å². The summed E-state index contributed by atoms with van der Waals surface area (Å²) in [6.45, 7) is 3.34. The van der Waals surface area contributed by atoms with Gasteiger partial charge in [0.1, 0.15) is 5.82 Å². The Hall–Kier alpha value is -1.91. The lowest BCUT2D eigenvalue weighted by atomic mass is 9.92. The van der Waals surface area contributed by atoms with Gasteiger partial charge in [-0.1, -0.05) is 13.8 Å². The monoisotopic (exact) mass is 236 g/mol. The summed E-state index contributed by atoms with van der Waals surface area (Å²) in [6.07, 6.45) is 0.0929. The van der Waals surface area contributed by atoms with Crippen molar-refractivity contribution >= 4 is 23.2 Å². The largest absolute Gasteiger partial charge is 0.399 e. The van der Waals surface area contributed by atoms with Gasteiger partial charge < -0.3 is 5.73 Å². The number of halogens is 1. The molecule has 1 aromatic rings. The van der Waals surface area contributed by atoms with E-state index in [9.17, 15) is 14.0 Å². The first-order valence-electron chi connectivity index (χ1n) is 5.25. The maximum absolute atomic E-state index is 13.7. The molecule has 0 spiro atoms. The number of nitrogen functional groups attached to an aromatic ring is 1. The molecule has 1 heterocycles. The van der Waals surface area contributed by atoms with Gasteiger partial charge in [-0.05, 0) is 18.2 Å². The lowest BCUT2D eigenvalue weighted by Gasteiger charge is -2.18. The third-order valence-electron chi connectivity index (χ3n) is 2.84. The van der Waals surface area contributed by atoms with Crippen LogP contribution in [0.15, 0.2) is 18.2 Å². The molecule has 90 valence electrons. The molecular weight excluding hydrogens is 223 g/mol. The fourth-order valence-corrected chi connectivity index (χ4v) is 1.90. The van der Waals surface area contributed by atoms with Gasteiger partial charge in [0.2, 0.25) is 11.8 Å². The number of carbonyl (C=O) groups is 2. The number of rotatable bonds is 1. The van der Waals surface area contributed by atoms with Crippen LogP contribution in [0.3, 0.4) is 0 Å². The van der Waals surface area contributed by atoms with E-state index < -0.39 is 11.2 Å². The van der Waals surface area contributed by atoms with E-state index in [1.165, 1.54) is 12.1 Å². The fourth-order valence-electron chi connectivity index (χ4n) is 1.90. The summed E-state index contributed by atoms with van der Waals surface area (Å²) in [7, 11) is 0. The second-order valence-electron chi connectivity index (χ2n) is 4.81. The molecule has 0 aromatic heterocycles. The van der Waals surface area contributed by atoms with Gasteiger partial charge in [-0.3, -0.25) is 9.59 Å². The number of anilines is 2. The average molecular weight is 236 g/mol. The van der Waals surface area contributed by atoms with E-state index in [4.69, 9.17) is 5.73 Å². The topological polar surface area (TPSA) is 63.4 Å². The van der Waals surface area contributed by atoms with E-state index in [-0.39, 0.29) is 29.6 Å². The molecule has 2 rings (SSSR count). The molecule has 1 fully saturated rings. The van der Waals surface area contributed by atoms with Crippen molar-refractivity contribution in [1.29, 1.82) is 0 Å². The molecule has 0 atom stereocenters. The molecule has 1 aromatic carbocycles. The van der Waals surface area contributed by atoms with Gasteiger partial charge >= 0.3 is 0 Å². The standard InChI is InChI=1S/C12H13FN2O2/c1-12(2)6-10(16)15(11(12)17)9-4-3-7(14)5-8(9)13/h3-5H,6,14H2,1-2H3. The van der Waals surface area contributed by atoms with Gasteiger partial charge in [0.25, 0.3) is 0 Å². The molecule has 0 saturated carbocycles. The number of imide groups is 1. The van der Waals surface area contributed by atoms with E-state index in [1.807, 2.05) is 0 Å². The predicted molar refractivity (Wildman–Crippen MR) is 61.7 cm³/mol. The number of hydrogen-bond acceptors (Lipinski definition) is 3. The zero-order valence-electron chi connectivity index (χ0n) is 9.66. The Labute approximate surface area is 98.2 Å². The van der Waals surface area contributed by atoms with Crippen molar-refractivity contribution in [1.82, 2.24) is 0 Å². The Balaban J connectivity index is 2.48. The molecule has 1 aliphatic rings. The van der Waals surface area contributed by atoms with E-state index >= 15 is 0 Å². The van der Waals surface area contributed by atoms with E-state index in [0.29, 0.717) is 0 Å². The van der Waals surface area contributed by atoms with Crippen LogP contribution < -0.4 is 10.6 Å². The number of nitrogens with zero attached hydrogens (tertiary/aromatic N) is 1. The average Bonchev–Trinajstić information content (AvgIpc) is 2.39. The minimum Gasteiger partial charge on any atom is -0.399 e. The van der Waals surface area contributed by atoms with Crippen LogP contribution in [-0.4, -0.2) is 11.8 Å². The molecule has 5 heteroatoms. The molecule has 2 N–H and O–H groups in total. The van der Waals surface area contributed by atoms with Crippen molar-refractivity contribution in [3.8, 4) is 0 Å². The van der Waals surface area contributed by atoms with E-state index in [0.717, 1.165) is 11.0 Å². The molecule has 17 heavy (non-hydrogen) atoms. The third kappa shape index (κ3) is 1.77. The first-order valence-corrected chi connectivity index (χ1v) is 5.25. The normalized spacial score (nSPS) is 18.9. The Morgan fingerprint density at radius 1 is 1.35 bits per heavy atom. The van der Waals surface area contributed by atoms with Gasteiger partial charge in [-0.25, -0.2) is 9.29 Å². The van der Waals surface area contributed by atoms with Crippen LogP contribution in [0.1, 0.15) is 20.3 Å². The molecule has 0 bridgehead atoms. The van der Waals surface area contributed by atoms with Crippen LogP contribution in [0.4, 0.5) is 15.8 Å². The van der Waals surface area contributed by atoms with Crippen molar-refractivity contribution < 1.29 is 14.0 Å².